The fourth-order valence-electron chi connectivity index (χ4n) is 3.05. The molecule has 1 aromatic carbocycles. The minimum Gasteiger partial charge on any atom is -0.451 e. The number of piperazine rings is 1. The number of carbonyl (C=O) groups is 4. The van der Waals surface area contributed by atoms with Crippen molar-refractivity contribution in [2.45, 2.75) is 13.8 Å². The van der Waals surface area contributed by atoms with Crippen LogP contribution in [0, 0.1) is 5.82 Å². The first-order valence-electron chi connectivity index (χ1n) is 9.48. The summed E-state index contributed by atoms with van der Waals surface area (Å²) in [6.45, 7) is 3.76. The molecule has 31 heavy (non-hydrogen) atoms. The third kappa shape index (κ3) is 5.63. The molecule has 1 aliphatic rings. The quantitative estimate of drug-likeness (QED) is 0.531. The maximum atomic E-state index is 14.3. The number of nitrogens with one attached hydrogen (secondary N) is 1. The largest absolute Gasteiger partial charge is 0.451 e. The number of hydrogen-bond donors (Lipinski definition) is 1. The molecule has 3 rings (SSSR count). The molecule has 1 fully saturated rings. The van der Waals surface area contributed by atoms with Gasteiger partial charge in [-0.25, -0.2) is 14.2 Å². The molecule has 0 bridgehead atoms. The van der Waals surface area contributed by atoms with Crippen molar-refractivity contribution in [1.29, 1.82) is 0 Å². The van der Waals surface area contributed by atoms with Gasteiger partial charge in [0.2, 0.25) is 5.91 Å². The number of ketones is 1. The summed E-state index contributed by atoms with van der Waals surface area (Å²) in [4.78, 5) is 54.0. The summed E-state index contributed by atoms with van der Waals surface area (Å²) in [6, 6.07) is 4.35. The Kier molecular flexibility index (Phi) is 6.95. The van der Waals surface area contributed by atoms with E-state index in [1.54, 1.807) is 17.0 Å². The molecule has 2 amide bonds. The van der Waals surface area contributed by atoms with E-state index in [4.69, 9.17) is 4.74 Å². The third-order valence-corrected chi connectivity index (χ3v) is 5.41. The van der Waals surface area contributed by atoms with Crippen LogP contribution in [0.4, 0.5) is 15.2 Å². The highest BCUT2D eigenvalue weighted by Gasteiger charge is 2.24. The van der Waals surface area contributed by atoms with E-state index in [9.17, 15) is 23.6 Å². The van der Waals surface area contributed by atoms with Crippen molar-refractivity contribution in [2.24, 2.45) is 0 Å². The number of nitrogens with zero attached hydrogens (tertiary/aromatic N) is 3. The number of amides is 2. The van der Waals surface area contributed by atoms with Crippen molar-refractivity contribution in [1.82, 2.24) is 9.88 Å². The molecule has 0 aliphatic carbocycles. The molecule has 0 radical (unpaired) electrons. The van der Waals surface area contributed by atoms with Crippen molar-refractivity contribution in [3.05, 3.63) is 40.7 Å². The number of rotatable bonds is 6. The highest BCUT2D eigenvalue weighted by atomic mass is 32.1. The number of aromatic nitrogens is 1. The summed E-state index contributed by atoms with van der Waals surface area (Å²) in [5.74, 6) is -2.12. The molecule has 0 atom stereocenters. The lowest BCUT2D eigenvalue weighted by Gasteiger charge is -2.36. The number of ether oxygens (including phenoxy) is 1. The van der Waals surface area contributed by atoms with Crippen molar-refractivity contribution in [3.63, 3.8) is 0 Å². The van der Waals surface area contributed by atoms with Crippen LogP contribution in [0.1, 0.15) is 34.7 Å². The van der Waals surface area contributed by atoms with Crippen molar-refractivity contribution >= 4 is 45.7 Å². The van der Waals surface area contributed by atoms with E-state index < -0.39 is 18.4 Å². The van der Waals surface area contributed by atoms with Gasteiger partial charge in [-0.1, -0.05) is 0 Å². The highest BCUT2D eigenvalue weighted by molar-refractivity contribution is 7.14. The van der Waals surface area contributed by atoms with E-state index >= 15 is 0 Å². The second kappa shape index (κ2) is 9.65. The van der Waals surface area contributed by atoms with Crippen LogP contribution in [0.25, 0.3) is 0 Å². The fourth-order valence-corrected chi connectivity index (χ4v) is 3.77. The Balaban J connectivity index is 1.49. The zero-order valence-corrected chi connectivity index (χ0v) is 17.8. The SMILES string of the molecule is CC(=O)Nc1nc(C(=O)OCC(=O)N2CCN(c3ccc(C(C)=O)cc3F)CC2)cs1. The summed E-state index contributed by atoms with van der Waals surface area (Å²) in [7, 11) is 0. The standard InChI is InChI=1S/C20H21FN4O5S/c1-12(26)14-3-4-17(15(21)9-14)24-5-7-25(8-6-24)18(28)10-30-19(29)16-11-31-20(23-16)22-13(2)27/h3-4,9,11H,5-8,10H2,1-2H3,(H,22,23,27). The molecular formula is C20H21FN4O5S. The van der Waals surface area contributed by atoms with Crippen molar-refractivity contribution < 1.29 is 28.3 Å². The Morgan fingerprint density at radius 3 is 2.48 bits per heavy atom. The average Bonchev–Trinajstić information content (AvgIpc) is 3.19. The van der Waals surface area contributed by atoms with E-state index in [0.29, 0.717) is 37.4 Å². The molecule has 11 heteroatoms. The monoisotopic (exact) mass is 448 g/mol. The Labute approximate surface area is 181 Å². The van der Waals surface area contributed by atoms with Gasteiger partial charge >= 0.3 is 5.97 Å². The summed E-state index contributed by atoms with van der Waals surface area (Å²) >= 11 is 1.08. The molecule has 2 heterocycles. The zero-order chi connectivity index (χ0) is 22.5. The van der Waals surface area contributed by atoms with Gasteiger partial charge in [-0.2, -0.15) is 0 Å². The lowest BCUT2D eigenvalue weighted by molar-refractivity contribution is -0.134. The summed E-state index contributed by atoms with van der Waals surface area (Å²) < 4.78 is 19.4. The van der Waals surface area contributed by atoms with E-state index in [1.807, 2.05) is 0 Å². The lowest BCUT2D eigenvalue weighted by Crippen LogP contribution is -2.50. The van der Waals surface area contributed by atoms with Crippen LogP contribution in [0.2, 0.25) is 0 Å². The molecule has 0 saturated carbocycles. The zero-order valence-electron chi connectivity index (χ0n) is 17.0. The van der Waals surface area contributed by atoms with Crippen LogP contribution in [-0.2, 0) is 14.3 Å². The first kappa shape index (κ1) is 22.3. The van der Waals surface area contributed by atoms with Gasteiger partial charge in [0.15, 0.2) is 23.2 Å². The Morgan fingerprint density at radius 2 is 1.87 bits per heavy atom. The number of carbonyl (C=O) groups excluding carboxylic acids is 4. The van der Waals surface area contributed by atoms with Gasteiger partial charge in [0, 0.05) is 44.0 Å². The van der Waals surface area contributed by atoms with Gasteiger partial charge in [0.05, 0.1) is 5.69 Å². The molecule has 164 valence electrons. The molecule has 1 saturated heterocycles. The molecule has 0 spiro atoms. The second-order valence-electron chi connectivity index (χ2n) is 6.89. The van der Waals surface area contributed by atoms with Crippen molar-refractivity contribution in [3.8, 4) is 0 Å². The van der Waals surface area contributed by atoms with Crippen LogP contribution in [0.3, 0.4) is 0 Å². The van der Waals surface area contributed by atoms with Crippen LogP contribution >= 0.6 is 11.3 Å². The van der Waals surface area contributed by atoms with Gasteiger partial charge in [-0.3, -0.25) is 14.4 Å². The number of halogens is 1. The van der Waals surface area contributed by atoms with Crippen LogP contribution < -0.4 is 10.2 Å². The first-order chi connectivity index (χ1) is 14.7. The van der Waals surface area contributed by atoms with Crippen LogP contribution in [0.15, 0.2) is 23.6 Å². The molecular weight excluding hydrogens is 427 g/mol. The first-order valence-corrected chi connectivity index (χ1v) is 10.4. The number of anilines is 2. The second-order valence-corrected chi connectivity index (χ2v) is 7.74. The number of Topliss-reactive ketones (excluding diaryl/α,β-unsaturated/α-hetero) is 1. The van der Waals surface area contributed by atoms with E-state index in [-0.39, 0.29) is 28.4 Å². The molecule has 1 aromatic heterocycles. The smallest absolute Gasteiger partial charge is 0.358 e. The third-order valence-electron chi connectivity index (χ3n) is 4.65. The van der Waals surface area contributed by atoms with Crippen LogP contribution in [-0.4, -0.2) is 66.2 Å². The number of esters is 1. The van der Waals surface area contributed by atoms with Crippen molar-refractivity contribution in [2.75, 3.05) is 43.0 Å². The maximum Gasteiger partial charge on any atom is 0.358 e. The molecule has 1 N–H and O–H groups in total. The fraction of sp³-hybridized carbons (Fsp3) is 0.350. The summed E-state index contributed by atoms with van der Waals surface area (Å²) in [6.07, 6.45) is 0. The van der Waals surface area contributed by atoms with E-state index in [0.717, 1.165) is 11.3 Å². The minimum absolute atomic E-state index is 0.0100. The van der Waals surface area contributed by atoms with E-state index in [2.05, 4.69) is 10.3 Å². The Hall–Kier alpha value is -3.34. The predicted molar refractivity (Wildman–Crippen MR) is 112 cm³/mol. The average molecular weight is 448 g/mol. The summed E-state index contributed by atoms with van der Waals surface area (Å²) in [5, 5.41) is 4.17. The van der Waals surface area contributed by atoms with E-state index in [1.165, 1.54) is 30.2 Å². The van der Waals surface area contributed by atoms with Gasteiger partial charge in [-0.15, -0.1) is 11.3 Å². The predicted octanol–water partition coefficient (Wildman–Crippen LogP) is 1.95. The highest BCUT2D eigenvalue weighted by Crippen LogP contribution is 2.22. The summed E-state index contributed by atoms with van der Waals surface area (Å²) in [5.41, 5.74) is 0.694. The number of benzene rings is 1. The molecule has 9 nitrogen and oxygen atoms in total. The lowest BCUT2D eigenvalue weighted by atomic mass is 10.1. The topological polar surface area (TPSA) is 109 Å². The molecule has 2 aromatic rings. The minimum atomic E-state index is -0.757. The van der Waals surface area contributed by atoms with Gasteiger partial charge in [0.1, 0.15) is 5.82 Å². The number of hydrogen-bond acceptors (Lipinski definition) is 8. The molecule has 0 unspecified atom stereocenters. The maximum absolute atomic E-state index is 14.3. The van der Waals surface area contributed by atoms with Gasteiger partial charge in [-0.05, 0) is 25.1 Å². The Morgan fingerprint density at radius 1 is 1.16 bits per heavy atom. The van der Waals surface area contributed by atoms with Gasteiger partial charge in [0.25, 0.3) is 5.91 Å². The van der Waals surface area contributed by atoms with Crippen LogP contribution in [0.5, 0.6) is 0 Å². The normalized spacial score (nSPS) is 13.6. The number of thiazole rings is 1. The molecule has 1 aliphatic heterocycles. The van der Waals surface area contributed by atoms with Gasteiger partial charge < -0.3 is 19.9 Å². The Bertz CT molecular complexity index is 1020.